The van der Waals surface area contributed by atoms with E-state index in [4.69, 9.17) is 27.2 Å². The van der Waals surface area contributed by atoms with Crippen molar-refractivity contribution in [3.05, 3.63) is 59.1 Å². The van der Waals surface area contributed by atoms with Crippen molar-refractivity contribution in [2.24, 2.45) is 5.73 Å². The molecule has 0 bridgehead atoms. The molecular formula is C15H16ClNO2. The number of hydrogen-bond acceptors (Lipinski definition) is 3. The zero-order valence-corrected chi connectivity index (χ0v) is 11.2. The van der Waals surface area contributed by atoms with Crippen LogP contribution in [0.5, 0.6) is 11.5 Å². The number of aliphatic hydroxyl groups is 1. The van der Waals surface area contributed by atoms with Crippen LogP contribution in [-0.4, -0.2) is 11.7 Å². The number of halogens is 1. The van der Waals surface area contributed by atoms with Crippen LogP contribution in [0.1, 0.15) is 18.0 Å². The van der Waals surface area contributed by atoms with Crippen molar-refractivity contribution in [3.63, 3.8) is 0 Å². The van der Waals surface area contributed by atoms with Gasteiger partial charge in [0, 0.05) is 17.7 Å². The molecule has 0 saturated heterocycles. The van der Waals surface area contributed by atoms with Crippen molar-refractivity contribution in [3.8, 4) is 11.5 Å². The summed E-state index contributed by atoms with van der Waals surface area (Å²) in [4.78, 5) is 0. The van der Waals surface area contributed by atoms with Crippen LogP contribution < -0.4 is 10.5 Å². The lowest BCUT2D eigenvalue weighted by atomic mass is 10.1. The zero-order chi connectivity index (χ0) is 13.7. The van der Waals surface area contributed by atoms with Gasteiger partial charge in [-0.3, -0.25) is 0 Å². The second-order valence-electron chi connectivity index (χ2n) is 4.25. The Morgan fingerprint density at radius 1 is 1.11 bits per heavy atom. The minimum Gasteiger partial charge on any atom is -0.457 e. The van der Waals surface area contributed by atoms with E-state index in [0.29, 0.717) is 17.2 Å². The first-order chi connectivity index (χ1) is 9.19. The van der Waals surface area contributed by atoms with Gasteiger partial charge >= 0.3 is 0 Å². The van der Waals surface area contributed by atoms with Crippen LogP contribution >= 0.6 is 11.6 Å². The average molecular weight is 278 g/mol. The molecule has 0 heterocycles. The lowest BCUT2D eigenvalue weighted by Crippen LogP contribution is -2.11. The molecule has 0 fully saturated rings. The summed E-state index contributed by atoms with van der Waals surface area (Å²) in [5.41, 5.74) is 6.90. The van der Waals surface area contributed by atoms with E-state index in [1.165, 1.54) is 0 Å². The molecule has 0 aliphatic rings. The second kappa shape index (κ2) is 6.57. The average Bonchev–Trinajstić information content (AvgIpc) is 2.42. The van der Waals surface area contributed by atoms with Gasteiger partial charge in [0.1, 0.15) is 11.5 Å². The fourth-order valence-electron chi connectivity index (χ4n) is 1.75. The van der Waals surface area contributed by atoms with Gasteiger partial charge in [-0.1, -0.05) is 23.7 Å². The maximum atomic E-state index is 8.90. The molecule has 2 aromatic carbocycles. The van der Waals surface area contributed by atoms with Gasteiger partial charge in [-0.05, 0) is 48.4 Å². The standard InChI is InChI=1S/C15H16ClNO2/c16-12-4-6-13(7-5-12)19-14-3-1-2-11(10-14)15(17)8-9-18/h1-7,10,15,18H,8-9,17H2. The van der Waals surface area contributed by atoms with Gasteiger partial charge < -0.3 is 15.6 Å². The van der Waals surface area contributed by atoms with Gasteiger partial charge in [-0.15, -0.1) is 0 Å². The maximum Gasteiger partial charge on any atom is 0.127 e. The molecule has 2 rings (SSSR count). The molecule has 1 unspecified atom stereocenters. The van der Waals surface area contributed by atoms with Crippen molar-refractivity contribution in [2.75, 3.05) is 6.61 Å². The zero-order valence-electron chi connectivity index (χ0n) is 10.4. The number of aliphatic hydroxyl groups excluding tert-OH is 1. The van der Waals surface area contributed by atoms with E-state index in [1.807, 2.05) is 36.4 Å². The van der Waals surface area contributed by atoms with E-state index in [0.717, 1.165) is 11.3 Å². The largest absolute Gasteiger partial charge is 0.457 e. The highest BCUT2D eigenvalue weighted by Gasteiger charge is 2.06. The van der Waals surface area contributed by atoms with Gasteiger partial charge in [-0.25, -0.2) is 0 Å². The molecule has 0 amide bonds. The lowest BCUT2D eigenvalue weighted by molar-refractivity contribution is 0.276. The number of benzene rings is 2. The van der Waals surface area contributed by atoms with Crippen LogP contribution in [0.25, 0.3) is 0 Å². The number of ether oxygens (including phenoxy) is 1. The van der Waals surface area contributed by atoms with Gasteiger partial charge in [0.25, 0.3) is 0 Å². The Kier molecular flexibility index (Phi) is 4.80. The van der Waals surface area contributed by atoms with Gasteiger partial charge in [0.2, 0.25) is 0 Å². The van der Waals surface area contributed by atoms with E-state index in [1.54, 1.807) is 12.1 Å². The van der Waals surface area contributed by atoms with Crippen molar-refractivity contribution in [1.29, 1.82) is 0 Å². The molecule has 0 radical (unpaired) electrons. The van der Waals surface area contributed by atoms with Gasteiger partial charge in [0.15, 0.2) is 0 Å². The topological polar surface area (TPSA) is 55.5 Å². The highest BCUT2D eigenvalue weighted by Crippen LogP contribution is 2.25. The van der Waals surface area contributed by atoms with E-state index in [-0.39, 0.29) is 12.6 Å². The monoisotopic (exact) mass is 277 g/mol. The molecule has 0 aromatic heterocycles. The van der Waals surface area contributed by atoms with Crippen LogP contribution in [0.2, 0.25) is 5.02 Å². The highest BCUT2D eigenvalue weighted by atomic mass is 35.5. The normalized spacial score (nSPS) is 12.2. The third kappa shape index (κ3) is 3.96. The smallest absolute Gasteiger partial charge is 0.127 e. The van der Waals surface area contributed by atoms with Crippen molar-refractivity contribution in [1.82, 2.24) is 0 Å². The molecule has 0 aliphatic carbocycles. The summed E-state index contributed by atoms with van der Waals surface area (Å²) in [5.74, 6) is 1.44. The summed E-state index contributed by atoms with van der Waals surface area (Å²) in [5, 5.41) is 9.58. The summed E-state index contributed by atoms with van der Waals surface area (Å²) >= 11 is 5.82. The van der Waals surface area contributed by atoms with Crippen LogP contribution in [-0.2, 0) is 0 Å². The molecule has 1 atom stereocenters. The van der Waals surface area contributed by atoms with Crippen LogP contribution in [0.15, 0.2) is 48.5 Å². The Morgan fingerprint density at radius 2 is 1.84 bits per heavy atom. The summed E-state index contributed by atoms with van der Waals surface area (Å²) < 4.78 is 5.73. The SMILES string of the molecule is NC(CCO)c1cccc(Oc2ccc(Cl)cc2)c1. The fraction of sp³-hybridized carbons (Fsp3) is 0.200. The number of hydrogen-bond donors (Lipinski definition) is 2. The summed E-state index contributed by atoms with van der Waals surface area (Å²) in [7, 11) is 0. The van der Waals surface area contributed by atoms with Crippen molar-refractivity contribution >= 4 is 11.6 Å². The predicted molar refractivity (Wildman–Crippen MR) is 76.6 cm³/mol. The maximum absolute atomic E-state index is 8.90. The van der Waals surface area contributed by atoms with E-state index >= 15 is 0 Å². The highest BCUT2D eigenvalue weighted by molar-refractivity contribution is 6.30. The minimum atomic E-state index is -0.182. The predicted octanol–water partition coefficient (Wildman–Crippen LogP) is 3.51. The van der Waals surface area contributed by atoms with Crippen LogP contribution in [0.3, 0.4) is 0 Å². The summed E-state index contributed by atoms with van der Waals surface area (Å²) in [6, 6.07) is 14.5. The van der Waals surface area contributed by atoms with Crippen molar-refractivity contribution in [2.45, 2.75) is 12.5 Å². The van der Waals surface area contributed by atoms with Crippen molar-refractivity contribution < 1.29 is 9.84 Å². The first-order valence-corrected chi connectivity index (χ1v) is 6.46. The molecule has 19 heavy (non-hydrogen) atoms. The van der Waals surface area contributed by atoms with E-state index in [2.05, 4.69) is 0 Å². The summed E-state index contributed by atoms with van der Waals surface area (Å²) in [6.45, 7) is 0.0729. The third-order valence-electron chi connectivity index (χ3n) is 2.78. The number of rotatable bonds is 5. The molecule has 0 spiro atoms. The van der Waals surface area contributed by atoms with Crippen LogP contribution in [0.4, 0.5) is 0 Å². The first-order valence-electron chi connectivity index (χ1n) is 6.09. The Bertz CT molecular complexity index is 528. The minimum absolute atomic E-state index is 0.0729. The summed E-state index contributed by atoms with van der Waals surface area (Å²) in [6.07, 6.45) is 0.532. The Morgan fingerprint density at radius 3 is 2.53 bits per heavy atom. The van der Waals surface area contributed by atoms with Gasteiger partial charge in [-0.2, -0.15) is 0 Å². The fourth-order valence-corrected chi connectivity index (χ4v) is 1.88. The molecule has 2 aromatic rings. The molecule has 0 aliphatic heterocycles. The Balaban J connectivity index is 2.12. The molecular weight excluding hydrogens is 262 g/mol. The van der Waals surface area contributed by atoms with Gasteiger partial charge in [0.05, 0.1) is 0 Å². The Labute approximate surface area is 117 Å². The first kappa shape index (κ1) is 13.9. The quantitative estimate of drug-likeness (QED) is 0.879. The molecule has 100 valence electrons. The lowest BCUT2D eigenvalue weighted by Gasteiger charge is -2.12. The second-order valence-corrected chi connectivity index (χ2v) is 4.68. The third-order valence-corrected chi connectivity index (χ3v) is 3.03. The molecule has 3 nitrogen and oxygen atoms in total. The molecule has 3 N–H and O–H groups in total. The van der Waals surface area contributed by atoms with Crippen LogP contribution in [0, 0.1) is 0 Å². The van der Waals surface area contributed by atoms with E-state index in [9.17, 15) is 0 Å². The number of nitrogens with two attached hydrogens (primary N) is 1. The van der Waals surface area contributed by atoms with E-state index < -0.39 is 0 Å². The molecule has 4 heteroatoms. The Hall–Kier alpha value is -1.55. The molecule has 0 saturated carbocycles.